The lowest BCUT2D eigenvalue weighted by Crippen LogP contribution is -2.61. The summed E-state index contributed by atoms with van der Waals surface area (Å²) < 4.78 is 10.7. The van der Waals surface area contributed by atoms with Gasteiger partial charge in [0.1, 0.15) is 35.4 Å². The Hall–Kier alpha value is -5.14. The molecule has 0 aromatic heterocycles. The molecule has 5 N–H and O–H groups in total. The highest BCUT2D eigenvalue weighted by atomic mass is 16.6. The Morgan fingerprint density at radius 1 is 0.764 bits per heavy atom. The topological polar surface area (TPSA) is 192 Å². The number of nitrogens with one attached hydrogen (secondary N) is 4. The van der Waals surface area contributed by atoms with Gasteiger partial charge in [-0.25, -0.2) is 14.4 Å². The number of aliphatic carboxylic acids is 1. The number of alkyl carbamates (subject to hydrolysis) is 2. The van der Waals surface area contributed by atoms with E-state index < -0.39 is 71.2 Å². The maximum atomic E-state index is 14.5. The number of carboxylic acids is 1. The van der Waals surface area contributed by atoms with Gasteiger partial charge in [-0.2, -0.15) is 0 Å². The van der Waals surface area contributed by atoms with Gasteiger partial charge in [-0.3, -0.25) is 14.4 Å². The molecular weight excluding hydrogens is 706 g/mol. The average Bonchev–Trinajstić information content (AvgIpc) is 3.08. The predicted molar refractivity (Wildman–Crippen MR) is 207 cm³/mol. The number of ether oxygens (including phenoxy) is 2. The summed E-state index contributed by atoms with van der Waals surface area (Å²) in [6, 6.07) is 12.2. The van der Waals surface area contributed by atoms with E-state index in [4.69, 9.17) is 9.47 Å². The van der Waals surface area contributed by atoms with Crippen LogP contribution in [0.25, 0.3) is 0 Å². The molecule has 1 aliphatic rings. The SMILES string of the molecule is CC(C)C[C@H](NC(=O)[C@@H]1Cc2ccccc2CN1C(=O)[C@@H](Cc1ccccc1)NC(=O)OC(C)(C)C)C(=O)N[C@H](CCCCNC(=O)OC(C)(C)C)C(=O)O. The molecule has 0 fully saturated rings. The van der Waals surface area contributed by atoms with E-state index in [1.165, 1.54) is 4.90 Å². The van der Waals surface area contributed by atoms with Crippen molar-refractivity contribution in [2.75, 3.05) is 6.54 Å². The van der Waals surface area contributed by atoms with Crippen molar-refractivity contribution in [2.45, 2.75) is 136 Å². The standard InChI is InChI=1S/C41H59N5O9/c1-26(2)22-31(34(47)43-30(37(50)51)20-14-15-21-42-38(52)54-40(3,4)5)44-35(48)33-24-28-18-12-13-19-29(28)25-46(33)36(49)32(23-27-16-10-9-11-17-27)45-39(53)55-41(6,7)8/h9-13,16-19,26,30-33H,14-15,20-25H2,1-8H3,(H,42,52)(H,43,47)(H,44,48)(H,45,53)(H,50,51)/t30-,31+,32-,33+/m1/s1. The minimum atomic E-state index is -1.24. The van der Waals surface area contributed by atoms with Gasteiger partial charge in [-0.15, -0.1) is 0 Å². The van der Waals surface area contributed by atoms with E-state index >= 15 is 0 Å². The van der Waals surface area contributed by atoms with Crippen molar-refractivity contribution in [2.24, 2.45) is 5.92 Å². The summed E-state index contributed by atoms with van der Waals surface area (Å²) >= 11 is 0. The molecule has 14 nitrogen and oxygen atoms in total. The number of hydrogen-bond acceptors (Lipinski definition) is 8. The molecule has 1 heterocycles. The van der Waals surface area contributed by atoms with Gasteiger partial charge in [-0.1, -0.05) is 68.4 Å². The summed E-state index contributed by atoms with van der Waals surface area (Å²) in [7, 11) is 0. The smallest absolute Gasteiger partial charge is 0.408 e. The van der Waals surface area contributed by atoms with Crippen LogP contribution in [0.1, 0.15) is 97.8 Å². The molecule has 5 amide bonds. The Bertz CT molecular complexity index is 1630. The zero-order valence-electron chi connectivity index (χ0n) is 33.4. The maximum absolute atomic E-state index is 14.5. The van der Waals surface area contributed by atoms with Crippen LogP contribution in [0.5, 0.6) is 0 Å². The first-order valence-corrected chi connectivity index (χ1v) is 18.9. The first kappa shape index (κ1) is 44.3. The first-order chi connectivity index (χ1) is 25.7. The molecule has 55 heavy (non-hydrogen) atoms. The molecule has 0 aliphatic carbocycles. The van der Waals surface area contributed by atoms with Crippen LogP contribution in [0, 0.1) is 5.92 Å². The van der Waals surface area contributed by atoms with Gasteiger partial charge >= 0.3 is 18.2 Å². The molecule has 2 aromatic carbocycles. The Labute approximate surface area is 324 Å². The van der Waals surface area contributed by atoms with Crippen LogP contribution in [0.15, 0.2) is 54.6 Å². The zero-order valence-corrected chi connectivity index (χ0v) is 33.4. The summed E-state index contributed by atoms with van der Waals surface area (Å²) in [6.07, 6.45) is 0.0739. The number of carbonyl (C=O) groups excluding carboxylic acids is 5. The molecule has 2 aromatic rings. The second-order valence-corrected chi connectivity index (χ2v) is 16.4. The second-order valence-electron chi connectivity index (χ2n) is 16.4. The first-order valence-electron chi connectivity index (χ1n) is 18.9. The lowest BCUT2D eigenvalue weighted by Gasteiger charge is -2.38. The highest BCUT2D eigenvalue weighted by Gasteiger charge is 2.40. The number of nitrogens with zero attached hydrogens (tertiary/aromatic N) is 1. The molecule has 1 aliphatic heterocycles. The van der Waals surface area contributed by atoms with Crippen LogP contribution in [0.4, 0.5) is 9.59 Å². The van der Waals surface area contributed by atoms with Gasteiger partial charge in [0.15, 0.2) is 0 Å². The van der Waals surface area contributed by atoms with E-state index in [9.17, 15) is 33.9 Å². The Morgan fingerprint density at radius 2 is 1.36 bits per heavy atom. The number of carboxylic acid groups (broad SMARTS) is 1. The van der Waals surface area contributed by atoms with Crippen LogP contribution in [0.3, 0.4) is 0 Å². The van der Waals surface area contributed by atoms with E-state index in [0.717, 1.165) is 16.7 Å². The van der Waals surface area contributed by atoms with Crippen molar-refractivity contribution in [1.82, 2.24) is 26.2 Å². The number of rotatable bonds is 16. The van der Waals surface area contributed by atoms with Crippen LogP contribution in [-0.2, 0) is 48.0 Å². The van der Waals surface area contributed by atoms with Gasteiger partial charge in [0, 0.05) is 25.9 Å². The second kappa shape index (κ2) is 20.0. The van der Waals surface area contributed by atoms with Crippen molar-refractivity contribution in [1.29, 1.82) is 0 Å². The summed E-state index contributed by atoms with van der Waals surface area (Å²) in [6.45, 7) is 14.5. The fourth-order valence-electron chi connectivity index (χ4n) is 6.17. The van der Waals surface area contributed by atoms with E-state index in [0.29, 0.717) is 12.8 Å². The molecule has 4 atom stereocenters. The van der Waals surface area contributed by atoms with Crippen molar-refractivity contribution >= 4 is 35.9 Å². The van der Waals surface area contributed by atoms with Gasteiger partial charge in [0.05, 0.1) is 0 Å². The summed E-state index contributed by atoms with van der Waals surface area (Å²) in [5.74, 6) is -3.04. The van der Waals surface area contributed by atoms with Crippen molar-refractivity contribution < 1.29 is 43.3 Å². The Balaban J connectivity index is 1.80. The van der Waals surface area contributed by atoms with Crippen LogP contribution < -0.4 is 21.3 Å². The lowest BCUT2D eigenvalue weighted by molar-refractivity contribution is -0.145. The van der Waals surface area contributed by atoms with Crippen molar-refractivity contribution in [3.05, 3.63) is 71.3 Å². The van der Waals surface area contributed by atoms with E-state index in [1.54, 1.807) is 41.5 Å². The Morgan fingerprint density at radius 3 is 1.96 bits per heavy atom. The number of benzene rings is 2. The van der Waals surface area contributed by atoms with E-state index in [2.05, 4.69) is 21.3 Å². The minimum Gasteiger partial charge on any atom is -0.480 e. The third-order valence-corrected chi connectivity index (χ3v) is 8.65. The molecule has 14 heteroatoms. The molecule has 0 radical (unpaired) electrons. The molecule has 0 saturated carbocycles. The molecule has 0 unspecified atom stereocenters. The van der Waals surface area contributed by atoms with Crippen LogP contribution >= 0.6 is 0 Å². The van der Waals surface area contributed by atoms with Gasteiger partial charge in [0.2, 0.25) is 17.7 Å². The zero-order chi connectivity index (χ0) is 40.9. The number of fused-ring (bicyclic) bond motifs is 1. The summed E-state index contributed by atoms with van der Waals surface area (Å²) in [5.41, 5.74) is 1.03. The molecule has 3 rings (SSSR count). The van der Waals surface area contributed by atoms with Crippen LogP contribution in [0.2, 0.25) is 0 Å². The van der Waals surface area contributed by atoms with Gasteiger partial charge < -0.3 is 40.7 Å². The number of amides is 5. The van der Waals surface area contributed by atoms with Crippen molar-refractivity contribution in [3.8, 4) is 0 Å². The molecule has 0 saturated heterocycles. The highest BCUT2D eigenvalue weighted by Crippen LogP contribution is 2.25. The number of unbranched alkanes of at least 4 members (excludes halogenated alkanes) is 1. The van der Waals surface area contributed by atoms with E-state index in [1.807, 2.05) is 68.4 Å². The molecule has 302 valence electrons. The fourth-order valence-corrected chi connectivity index (χ4v) is 6.17. The molecule has 0 bridgehead atoms. The minimum absolute atomic E-state index is 0.0589. The Kier molecular flexibility index (Phi) is 16.1. The lowest BCUT2D eigenvalue weighted by atomic mass is 9.91. The number of carbonyl (C=O) groups is 6. The monoisotopic (exact) mass is 765 g/mol. The normalized spacial score (nSPS) is 15.8. The molecule has 0 spiro atoms. The number of hydrogen-bond donors (Lipinski definition) is 5. The quantitative estimate of drug-likeness (QED) is 0.148. The van der Waals surface area contributed by atoms with Crippen LogP contribution in [-0.4, -0.2) is 87.8 Å². The van der Waals surface area contributed by atoms with E-state index in [-0.39, 0.29) is 44.7 Å². The average molecular weight is 766 g/mol. The highest BCUT2D eigenvalue weighted by molar-refractivity contribution is 5.95. The van der Waals surface area contributed by atoms with Gasteiger partial charge in [0.25, 0.3) is 0 Å². The van der Waals surface area contributed by atoms with Crippen molar-refractivity contribution in [3.63, 3.8) is 0 Å². The largest absolute Gasteiger partial charge is 0.480 e. The predicted octanol–water partition coefficient (Wildman–Crippen LogP) is 4.87. The summed E-state index contributed by atoms with van der Waals surface area (Å²) in [5, 5.41) is 20.7. The summed E-state index contributed by atoms with van der Waals surface area (Å²) in [4.78, 5) is 81.0. The fraction of sp³-hybridized carbons (Fsp3) is 0.561. The maximum Gasteiger partial charge on any atom is 0.408 e. The third-order valence-electron chi connectivity index (χ3n) is 8.65. The third kappa shape index (κ3) is 15.3. The van der Waals surface area contributed by atoms with Gasteiger partial charge in [-0.05, 0) is 89.8 Å². The molecular formula is C41H59N5O9.